The molecule has 0 aliphatic heterocycles. The summed E-state index contributed by atoms with van der Waals surface area (Å²) in [7, 11) is 0. The van der Waals surface area contributed by atoms with Crippen LogP contribution in [0.5, 0.6) is 0 Å². The van der Waals surface area contributed by atoms with Crippen LogP contribution in [0.1, 0.15) is 60.8 Å². The van der Waals surface area contributed by atoms with E-state index in [1.165, 1.54) is 30.4 Å². The molecule has 0 heteroatoms. The van der Waals surface area contributed by atoms with Gasteiger partial charge in [0.1, 0.15) is 0 Å². The molecule has 0 nitrogen and oxygen atoms in total. The first-order valence-corrected chi connectivity index (χ1v) is 7.07. The van der Waals surface area contributed by atoms with E-state index >= 15 is 0 Å². The summed E-state index contributed by atoms with van der Waals surface area (Å²) < 4.78 is 0. The first kappa shape index (κ1) is 12.9. The lowest BCUT2D eigenvalue weighted by Crippen LogP contribution is -2.48. The summed E-state index contributed by atoms with van der Waals surface area (Å²) in [4.78, 5) is 0. The van der Waals surface area contributed by atoms with Gasteiger partial charge in [0.15, 0.2) is 0 Å². The Balaban J connectivity index is 2.53. The van der Waals surface area contributed by atoms with Gasteiger partial charge in [-0.1, -0.05) is 45.4 Å². The number of rotatable bonds is 0. The van der Waals surface area contributed by atoms with Gasteiger partial charge < -0.3 is 0 Å². The number of hydrogen-bond acceptors (Lipinski definition) is 0. The highest BCUT2D eigenvalue weighted by atomic mass is 14.6. The third-order valence-electron chi connectivity index (χ3n) is 6.45. The Labute approximate surface area is 107 Å². The van der Waals surface area contributed by atoms with Crippen LogP contribution in [-0.4, -0.2) is 0 Å². The van der Waals surface area contributed by atoms with E-state index in [0.717, 1.165) is 11.8 Å². The van der Waals surface area contributed by atoms with Crippen molar-refractivity contribution in [1.82, 2.24) is 0 Å². The normalized spacial score (nSPS) is 41.4. The molecule has 1 saturated carbocycles. The van der Waals surface area contributed by atoms with E-state index in [-0.39, 0.29) is 0 Å². The summed E-state index contributed by atoms with van der Waals surface area (Å²) in [6, 6.07) is 0. The van der Waals surface area contributed by atoms with Crippen LogP contribution in [0.4, 0.5) is 0 Å². The van der Waals surface area contributed by atoms with E-state index in [1.54, 1.807) is 5.57 Å². The molecule has 0 saturated heterocycles. The number of allylic oxidation sites excluding steroid dienone is 3. The van der Waals surface area contributed by atoms with E-state index < -0.39 is 0 Å². The molecule has 0 radical (unpaired) electrons. The molecule has 0 amide bonds. The standard InChI is InChI=1S/C17H28/c1-11-10-15-8-9-16(5,6)14(4)17(15,7)13(3)12(11)2/h14-15H,1,8-10H2,2-7H3/t14?,15?,17-/m1/s1. The van der Waals surface area contributed by atoms with E-state index in [0.29, 0.717) is 10.8 Å². The van der Waals surface area contributed by atoms with E-state index in [1.807, 2.05) is 0 Å². The average Bonchev–Trinajstić information content (AvgIpc) is 2.26. The molecule has 0 N–H and O–H groups in total. The minimum Gasteiger partial charge on any atom is -0.0956 e. The molecule has 2 rings (SSSR count). The third-order valence-corrected chi connectivity index (χ3v) is 6.45. The Morgan fingerprint density at radius 3 is 2.35 bits per heavy atom. The second-order valence-corrected chi connectivity index (χ2v) is 7.29. The van der Waals surface area contributed by atoms with E-state index in [9.17, 15) is 0 Å². The van der Waals surface area contributed by atoms with Crippen LogP contribution in [-0.2, 0) is 0 Å². The molecular weight excluding hydrogens is 204 g/mol. The van der Waals surface area contributed by atoms with Crippen molar-refractivity contribution in [1.29, 1.82) is 0 Å². The number of hydrogen-bond donors (Lipinski definition) is 0. The van der Waals surface area contributed by atoms with Crippen molar-refractivity contribution in [2.75, 3.05) is 0 Å². The Morgan fingerprint density at radius 1 is 1.18 bits per heavy atom. The van der Waals surface area contributed by atoms with Crippen molar-refractivity contribution in [3.63, 3.8) is 0 Å². The molecular formula is C17H28. The third kappa shape index (κ3) is 1.63. The molecule has 0 aromatic heterocycles. The van der Waals surface area contributed by atoms with Crippen LogP contribution in [0.3, 0.4) is 0 Å². The molecule has 3 atom stereocenters. The molecule has 0 heterocycles. The van der Waals surface area contributed by atoms with Gasteiger partial charge in [-0.25, -0.2) is 0 Å². The first-order chi connectivity index (χ1) is 7.71. The van der Waals surface area contributed by atoms with E-state index in [2.05, 4.69) is 48.1 Å². The largest absolute Gasteiger partial charge is 0.0956 e. The smallest absolute Gasteiger partial charge is 0.00512 e. The minimum absolute atomic E-state index is 0.396. The van der Waals surface area contributed by atoms with Crippen molar-refractivity contribution in [3.05, 3.63) is 23.3 Å². The lowest BCUT2D eigenvalue weighted by molar-refractivity contribution is -0.0148. The lowest BCUT2D eigenvalue weighted by Gasteiger charge is -2.57. The van der Waals surface area contributed by atoms with Crippen LogP contribution in [0.15, 0.2) is 23.3 Å². The van der Waals surface area contributed by atoms with Gasteiger partial charge in [0.2, 0.25) is 0 Å². The second-order valence-electron chi connectivity index (χ2n) is 7.29. The summed E-state index contributed by atoms with van der Waals surface area (Å²) >= 11 is 0. The molecule has 0 spiro atoms. The summed E-state index contributed by atoms with van der Waals surface area (Å²) in [5, 5.41) is 0. The van der Waals surface area contributed by atoms with Gasteiger partial charge in [-0.3, -0.25) is 0 Å². The molecule has 2 aliphatic carbocycles. The van der Waals surface area contributed by atoms with E-state index in [4.69, 9.17) is 0 Å². The van der Waals surface area contributed by atoms with Gasteiger partial charge in [0.25, 0.3) is 0 Å². The maximum Gasteiger partial charge on any atom is -0.00512 e. The Kier molecular flexibility index (Phi) is 2.84. The monoisotopic (exact) mass is 232 g/mol. The van der Waals surface area contributed by atoms with Crippen LogP contribution < -0.4 is 0 Å². The van der Waals surface area contributed by atoms with Gasteiger partial charge in [0, 0.05) is 0 Å². The van der Waals surface area contributed by atoms with Crippen molar-refractivity contribution in [3.8, 4) is 0 Å². The summed E-state index contributed by atoms with van der Waals surface area (Å²) in [6.07, 6.45) is 3.96. The average molecular weight is 232 g/mol. The molecule has 96 valence electrons. The van der Waals surface area contributed by atoms with Crippen molar-refractivity contribution in [2.45, 2.75) is 60.8 Å². The molecule has 2 unspecified atom stereocenters. The number of fused-ring (bicyclic) bond motifs is 1. The summed E-state index contributed by atoms with van der Waals surface area (Å²) in [5.74, 6) is 1.58. The van der Waals surface area contributed by atoms with Gasteiger partial charge in [-0.2, -0.15) is 0 Å². The van der Waals surface area contributed by atoms with Gasteiger partial charge in [-0.15, -0.1) is 0 Å². The Morgan fingerprint density at radius 2 is 1.76 bits per heavy atom. The van der Waals surface area contributed by atoms with Crippen LogP contribution in [0, 0.1) is 22.7 Å². The predicted octanol–water partition coefficient (Wildman–Crippen LogP) is 5.36. The molecule has 2 aliphatic rings. The summed E-state index contributed by atoms with van der Waals surface area (Å²) in [5.41, 5.74) is 5.35. The van der Waals surface area contributed by atoms with Gasteiger partial charge in [0.05, 0.1) is 0 Å². The zero-order valence-electron chi connectivity index (χ0n) is 12.5. The van der Waals surface area contributed by atoms with Crippen molar-refractivity contribution in [2.24, 2.45) is 22.7 Å². The zero-order valence-corrected chi connectivity index (χ0v) is 12.5. The van der Waals surface area contributed by atoms with Gasteiger partial charge >= 0.3 is 0 Å². The predicted molar refractivity (Wildman–Crippen MR) is 75.9 cm³/mol. The highest BCUT2D eigenvalue weighted by Crippen LogP contribution is 2.61. The second kappa shape index (κ2) is 3.73. The highest BCUT2D eigenvalue weighted by Gasteiger charge is 2.52. The topological polar surface area (TPSA) is 0 Å². The van der Waals surface area contributed by atoms with Crippen LogP contribution in [0.25, 0.3) is 0 Å². The first-order valence-electron chi connectivity index (χ1n) is 7.07. The molecule has 0 aromatic rings. The molecule has 0 aromatic carbocycles. The SMILES string of the molecule is C=C1CC2CCC(C)(C)C(C)[C@@]2(C)C(C)=C1C. The van der Waals surface area contributed by atoms with Crippen molar-refractivity contribution >= 4 is 0 Å². The quantitative estimate of drug-likeness (QED) is 0.527. The molecule has 17 heavy (non-hydrogen) atoms. The molecule has 1 fully saturated rings. The van der Waals surface area contributed by atoms with Gasteiger partial charge in [-0.05, 0) is 61.3 Å². The fourth-order valence-corrected chi connectivity index (χ4v) is 4.29. The molecule has 0 bridgehead atoms. The van der Waals surface area contributed by atoms with Crippen LogP contribution >= 0.6 is 0 Å². The zero-order chi connectivity index (χ0) is 13.0. The maximum absolute atomic E-state index is 4.27. The lowest BCUT2D eigenvalue weighted by atomic mass is 9.47. The minimum atomic E-state index is 0.396. The van der Waals surface area contributed by atoms with Crippen LogP contribution in [0.2, 0.25) is 0 Å². The Bertz CT molecular complexity index is 383. The highest BCUT2D eigenvalue weighted by molar-refractivity contribution is 5.40. The summed E-state index contributed by atoms with van der Waals surface area (Å²) in [6.45, 7) is 18.8. The fraction of sp³-hybridized carbons (Fsp3) is 0.765. The van der Waals surface area contributed by atoms with Crippen molar-refractivity contribution < 1.29 is 0 Å². The maximum atomic E-state index is 4.27. The fourth-order valence-electron chi connectivity index (χ4n) is 4.29. The Hall–Kier alpha value is -0.520.